The maximum absolute atomic E-state index is 12.8. The van der Waals surface area contributed by atoms with Crippen molar-refractivity contribution in [2.75, 3.05) is 13.7 Å². The molecular formula is C20H19IN2O4. The van der Waals surface area contributed by atoms with Crippen LogP contribution in [0.1, 0.15) is 24.1 Å². The van der Waals surface area contributed by atoms with Crippen molar-refractivity contribution in [2.24, 2.45) is 0 Å². The Bertz CT molecular complexity index is 896. The summed E-state index contributed by atoms with van der Waals surface area (Å²) in [4.78, 5) is 25.2. The molecule has 140 valence electrons. The lowest BCUT2D eigenvalue weighted by molar-refractivity contribution is -0.138. The zero-order chi connectivity index (χ0) is 19.4. The third-order valence-electron chi connectivity index (χ3n) is 4.13. The number of amides is 2. The molecular weight excluding hydrogens is 459 g/mol. The van der Waals surface area contributed by atoms with E-state index in [9.17, 15) is 9.59 Å². The number of esters is 1. The van der Waals surface area contributed by atoms with Crippen molar-refractivity contribution in [3.63, 3.8) is 0 Å². The number of benzene rings is 2. The number of carbonyl (C=O) groups is 2. The van der Waals surface area contributed by atoms with Crippen LogP contribution in [0.3, 0.4) is 0 Å². The molecule has 1 aliphatic rings. The minimum absolute atomic E-state index is 0.231. The summed E-state index contributed by atoms with van der Waals surface area (Å²) in [6.45, 7) is 1.98. The van der Waals surface area contributed by atoms with Crippen molar-refractivity contribution in [2.45, 2.75) is 13.0 Å². The van der Waals surface area contributed by atoms with E-state index in [1.54, 1.807) is 14.0 Å². The number of rotatable bonds is 5. The molecule has 2 aromatic carbocycles. The van der Waals surface area contributed by atoms with Gasteiger partial charge in [-0.2, -0.15) is 0 Å². The number of urea groups is 1. The van der Waals surface area contributed by atoms with Crippen molar-refractivity contribution in [1.29, 1.82) is 0 Å². The zero-order valence-electron chi connectivity index (χ0n) is 14.9. The van der Waals surface area contributed by atoms with Crippen LogP contribution in [0.25, 0.3) is 5.70 Å². The summed E-state index contributed by atoms with van der Waals surface area (Å²) >= 11 is 2.18. The highest BCUT2D eigenvalue weighted by Crippen LogP contribution is 2.36. The molecule has 2 aromatic rings. The zero-order valence-corrected chi connectivity index (χ0v) is 17.1. The Kier molecular flexibility index (Phi) is 6.00. The van der Waals surface area contributed by atoms with Crippen LogP contribution < -0.4 is 15.4 Å². The number of nitrogens with one attached hydrogen (secondary N) is 2. The third kappa shape index (κ3) is 4.08. The van der Waals surface area contributed by atoms with Gasteiger partial charge in [0.15, 0.2) is 0 Å². The van der Waals surface area contributed by atoms with Crippen molar-refractivity contribution < 1.29 is 19.1 Å². The highest BCUT2D eigenvalue weighted by molar-refractivity contribution is 14.1. The Morgan fingerprint density at radius 2 is 1.93 bits per heavy atom. The minimum Gasteiger partial charge on any atom is -0.496 e. The molecule has 0 radical (unpaired) electrons. The molecule has 1 heterocycles. The van der Waals surface area contributed by atoms with Gasteiger partial charge >= 0.3 is 12.0 Å². The van der Waals surface area contributed by atoms with Gasteiger partial charge in [0, 0.05) is 9.13 Å². The first-order valence-electron chi connectivity index (χ1n) is 8.42. The van der Waals surface area contributed by atoms with Crippen molar-refractivity contribution in [1.82, 2.24) is 10.6 Å². The van der Waals surface area contributed by atoms with Crippen molar-refractivity contribution in [3.8, 4) is 5.75 Å². The summed E-state index contributed by atoms with van der Waals surface area (Å²) in [7, 11) is 1.56. The van der Waals surface area contributed by atoms with Gasteiger partial charge < -0.3 is 20.1 Å². The first kappa shape index (κ1) is 19.2. The Morgan fingerprint density at radius 1 is 1.19 bits per heavy atom. The summed E-state index contributed by atoms with van der Waals surface area (Å²) in [6.07, 6.45) is 0. The molecule has 27 heavy (non-hydrogen) atoms. The normalized spacial score (nSPS) is 16.4. The van der Waals surface area contributed by atoms with Gasteiger partial charge in [0.05, 0.1) is 31.0 Å². The summed E-state index contributed by atoms with van der Waals surface area (Å²) in [5.41, 5.74) is 2.19. The van der Waals surface area contributed by atoms with Crippen LogP contribution in [-0.2, 0) is 9.53 Å². The summed E-state index contributed by atoms with van der Waals surface area (Å²) in [5.74, 6) is 0.0894. The minimum atomic E-state index is -0.697. The second kappa shape index (κ2) is 8.43. The smallest absolute Gasteiger partial charge is 0.338 e. The highest BCUT2D eigenvalue weighted by Gasteiger charge is 2.35. The fourth-order valence-corrected chi connectivity index (χ4v) is 3.51. The number of carbonyl (C=O) groups excluding carboxylic acids is 2. The standard InChI is InChI=1S/C20H19IN2O4/c1-3-27-19(24)16-17(12-7-5-4-6-8-12)22-20(25)23-18(16)14-11-13(21)9-10-15(14)26-2/h4-11,18H,3H2,1-2H3,(H2,22,23,25). The van der Waals surface area contributed by atoms with Gasteiger partial charge in [-0.05, 0) is 53.3 Å². The molecule has 0 bridgehead atoms. The van der Waals surface area contributed by atoms with Gasteiger partial charge in [0.2, 0.25) is 0 Å². The van der Waals surface area contributed by atoms with Crippen LogP contribution in [0, 0.1) is 3.57 Å². The molecule has 0 aromatic heterocycles. The highest BCUT2D eigenvalue weighted by atomic mass is 127. The monoisotopic (exact) mass is 478 g/mol. The fourth-order valence-electron chi connectivity index (χ4n) is 2.99. The molecule has 1 aliphatic heterocycles. The van der Waals surface area contributed by atoms with Gasteiger partial charge in [-0.25, -0.2) is 9.59 Å². The second-order valence-corrected chi connectivity index (χ2v) is 7.04. The number of ether oxygens (including phenoxy) is 2. The maximum atomic E-state index is 12.8. The van der Waals surface area contributed by atoms with Crippen LogP contribution in [0.15, 0.2) is 54.1 Å². The van der Waals surface area contributed by atoms with Gasteiger partial charge in [0.1, 0.15) is 5.75 Å². The lowest BCUT2D eigenvalue weighted by Gasteiger charge is -2.30. The lowest BCUT2D eigenvalue weighted by atomic mass is 9.92. The summed E-state index contributed by atoms with van der Waals surface area (Å²) in [6, 6.07) is 13.8. The Labute approximate surface area is 171 Å². The molecule has 2 amide bonds. The second-order valence-electron chi connectivity index (χ2n) is 5.79. The van der Waals surface area contributed by atoms with E-state index < -0.39 is 18.0 Å². The van der Waals surface area contributed by atoms with E-state index in [0.717, 1.165) is 9.13 Å². The molecule has 1 unspecified atom stereocenters. The number of hydrogen-bond donors (Lipinski definition) is 2. The van der Waals surface area contributed by atoms with Crippen LogP contribution in [0.5, 0.6) is 5.75 Å². The van der Waals surface area contributed by atoms with Gasteiger partial charge in [-0.3, -0.25) is 0 Å². The fraction of sp³-hybridized carbons (Fsp3) is 0.200. The van der Waals surface area contributed by atoms with Gasteiger partial charge in [0.25, 0.3) is 0 Å². The molecule has 0 saturated carbocycles. The van der Waals surface area contributed by atoms with Crippen molar-refractivity contribution >= 4 is 40.3 Å². The van der Waals surface area contributed by atoms with Gasteiger partial charge in [-0.15, -0.1) is 0 Å². The van der Waals surface area contributed by atoms with Crippen LogP contribution in [-0.4, -0.2) is 25.7 Å². The molecule has 0 spiro atoms. The quantitative estimate of drug-likeness (QED) is 0.509. The number of halogens is 1. The SMILES string of the molecule is CCOC(=O)C1=C(c2ccccc2)NC(=O)NC1c1cc(I)ccc1OC. The van der Waals surface area contributed by atoms with E-state index in [1.165, 1.54) is 0 Å². The molecule has 0 saturated heterocycles. The largest absolute Gasteiger partial charge is 0.496 e. The van der Waals surface area contributed by atoms with E-state index in [4.69, 9.17) is 9.47 Å². The first-order valence-corrected chi connectivity index (χ1v) is 9.50. The predicted octanol–water partition coefficient (Wildman–Crippen LogP) is 3.63. The van der Waals surface area contributed by atoms with E-state index in [2.05, 4.69) is 33.2 Å². The first-order chi connectivity index (χ1) is 13.0. The molecule has 2 N–H and O–H groups in total. The molecule has 3 rings (SSSR count). The molecule has 1 atom stereocenters. The lowest BCUT2D eigenvalue weighted by Crippen LogP contribution is -2.45. The Morgan fingerprint density at radius 3 is 2.59 bits per heavy atom. The average molecular weight is 478 g/mol. The molecule has 6 nitrogen and oxygen atoms in total. The third-order valence-corrected chi connectivity index (χ3v) is 4.80. The Hall–Kier alpha value is -2.55. The number of methoxy groups -OCH3 is 1. The van der Waals surface area contributed by atoms with Crippen LogP contribution in [0.4, 0.5) is 4.79 Å². The van der Waals surface area contributed by atoms with Gasteiger partial charge in [-0.1, -0.05) is 30.3 Å². The van der Waals surface area contributed by atoms with E-state index in [1.807, 2.05) is 48.5 Å². The van der Waals surface area contributed by atoms with E-state index >= 15 is 0 Å². The molecule has 0 fully saturated rings. The predicted molar refractivity (Wildman–Crippen MR) is 110 cm³/mol. The van der Waals surface area contributed by atoms with Crippen molar-refractivity contribution in [3.05, 3.63) is 68.8 Å². The molecule has 7 heteroatoms. The van der Waals surface area contributed by atoms with Crippen LogP contribution in [0.2, 0.25) is 0 Å². The summed E-state index contributed by atoms with van der Waals surface area (Å²) in [5, 5.41) is 5.59. The maximum Gasteiger partial charge on any atom is 0.338 e. The average Bonchev–Trinajstić information content (AvgIpc) is 2.68. The summed E-state index contributed by atoms with van der Waals surface area (Å²) < 4.78 is 11.7. The number of hydrogen-bond acceptors (Lipinski definition) is 4. The van der Waals surface area contributed by atoms with Crippen LogP contribution >= 0.6 is 22.6 Å². The van der Waals surface area contributed by atoms with E-state index in [0.29, 0.717) is 22.6 Å². The van der Waals surface area contributed by atoms with E-state index in [-0.39, 0.29) is 6.61 Å². The molecule has 0 aliphatic carbocycles. The Balaban J connectivity index is 2.23. The topological polar surface area (TPSA) is 76.7 Å².